The van der Waals surface area contributed by atoms with Gasteiger partial charge in [0.2, 0.25) is 0 Å². The molecule has 0 unspecified atom stereocenters. The van der Waals surface area contributed by atoms with Crippen LogP contribution < -0.4 is 10.6 Å². The summed E-state index contributed by atoms with van der Waals surface area (Å²) in [6, 6.07) is 5.57. The quantitative estimate of drug-likeness (QED) is 0.627. The Hall–Kier alpha value is -1.22. The largest absolute Gasteiger partial charge is 0.384 e. The average molecular weight is 240 g/mol. The SMILES string of the molecule is CC(C)CN(C)c1ccc(C(=N)N)c(Cl)c1. The fraction of sp³-hybridized carbons (Fsp3) is 0.417. The van der Waals surface area contributed by atoms with Crippen molar-refractivity contribution in [1.82, 2.24) is 0 Å². The average Bonchev–Trinajstić information content (AvgIpc) is 2.15. The van der Waals surface area contributed by atoms with E-state index in [1.54, 1.807) is 6.07 Å². The first-order valence-corrected chi connectivity index (χ1v) is 5.64. The minimum Gasteiger partial charge on any atom is -0.384 e. The van der Waals surface area contributed by atoms with E-state index < -0.39 is 0 Å². The Bertz CT molecular complexity index is 388. The standard InChI is InChI=1S/C12H18ClN3/c1-8(2)7-16(3)9-4-5-10(12(14)15)11(13)6-9/h4-6,8H,7H2,1-3H3,(H3,14,15). The molecule has 1 aromatic rings. The van der Waals surface area contributed by atoms with Gasteiger partial charge in [0.05, 0.1) is 5.02 Å². The van der Waals surface area contributed by atoms with Crippen LogP contribution in [-0.2, 0) is 0 Å². The number of hydrogen-bond donors (Lipinski definition) is 2. The van der Waals surface area contributed by atoms with E-state index in [0.29, 0.717) is 16.5 Å². The van der Waals surface area contributed by atoms with E-state index in [1.165, 1.54) is 0 Å². The molecule has 1 aromatic carbocycles. The Kier molecular flexibility index (Phi) is 4.19. The first kappa shape index (κ1) is 12.8. The van der Waals surface area contributed by atoms with E-state index in [-0.39, 0.29) is 5.84 Å². The number of amidine groups is 1. The minimum atomic E-state index is 0.00284. The molecule has 0 aromatic heterocycles. The van der Waals surface area contributed by atoms with E-state index in [1.807, 2.05) is 19.2 Å². The maximum absolute atomic E-state index is 7.35. The zero-order valence-corrected chi connectivity index (χ0v) is 10.7. The summed E-state index contributed by atoms with van der Waals surface area (Å²) < 4.78 is 0. The topological polar surface area (TPSA) is 53.1 Å². The summed E-state index contributed by atoms with van der Waals surface area (Å²) in [5, 5.41) is 7.88. The Labute approximate surface area is 102 Å². The molecule has 3 N–H and O–H groups in total. The van der Waals surface area contributed by atoms with Crippen LogP contribution in [0, 0.1) is 11.3 Å². The molecule has 0 aliphatic rings. The molecule has 0 radical (unpaired) electrons. The van der Waals surface area contributed by atoms with Crippen LogP contribution in [0.3, 0.4) is 0 Å². The van der Waals surface area contributed by atoms with Crippen molar-refractivity contribution in [3.63, 3.8) is 0 Å². The van der Waals surface area contributed by atoms with Crippen molar-refractivity contribution < 1.29 is 0 Å². The van der Waals surface area contributed by atoms with Gasteiger partial charge in [0, 0.05) is 24.8 Å². The molecule has 0 aliphatic heterocycles. The van der Waals surface area contributed by atoms with Crippen molar-refractivity contribution in [1.29, 1.82) is 5.41 Å². The lowest BCUT2D eigenvalue weighted by Gasteiger charge is -2.22. The van der Waals surface area contributed by atoms with E-state index in [4.69, 9.17) is 22.7 Å². The summed E-state index contributed by atoms with van der Waals surface area (Å²) in [7, 11) is 2.03. The van der Waals surface area contributed by atoms with Crippen molar-refractivity contribution >= 4 is 23.1 Å². The highest BCUT2D eigenvalue weighted by Crippen LogP contribution is 2.23. The number of rotatable bonds is 4. The highest BCUT2D eigenvalue weighted by Gasteiger charge is 2.08. The first-order chi connectivity index (χ1) is 7.41. The molecule has 0 saturated heterocycles. The molecule has 0 amide bonds. The van der Waals surface area contributed by atoms with Crippen LogP contribution in [0.4, 0.5) is 5.69 Å². The van der Waals surface area contributed by atoms with Gasteiger partial charge in [0.15, 0.2) is 0 Å². The number of nitrogens with zero attached hydrogens (tertiary/aromatic N) is 1. The van der Waals surface area contributed by atoms with Gasteiger partial charge in [-0.3, -0.25) is 5.41 Å². The Balaban J connectivity index is 2.92. The van der Waals surface area contributed by atoms with Crippen LogP contribution in [0.15, 0.2) is 18.2 Å². The summed E-state index contributed by atoms with van der Waals surface area (Å²) in [5.74, 6) is 0.597. The monoisotopic (exact) mass is 239 g/mol. The van der Waals surface area contributed by atoms with Crippen LogP contribution >= 0.6 is 11.6 Å². The van der Waals surface area contributed by atoms with Crippen LogP contribution in [0.1, 0.15) is 19.4 Å². The fourth-order valence-corrected chi connectivity index (χ4v) is 1.89. The summed E-state index contributed by atoms with van der Waals surface area (Å²) >= 11 is 6.06. The molecule has 0 heterocycles. The lowest BCUT2D eigenvalue weighted by molar-refractivity contribution is 0.638. The van der Waals surface area contributed by atoms with Gasteiger partial charge in [0.25, 0.3) is 0 Å². The third-order valence-electron chi connectivity index (χ3n) is 2.32. The second-order valence-corrected chi connectivity index (χ2v) is 4.76. The second-order valence-electron chi connectivity index (χ2n) is 4.35. The molecule has 0 spiro atoms. The third-order valence-corrected chi connectivity index (χ3v) is 2.64. The number of hydrogen-bond acceptors (Lipinski definition) is 2. The molecule has 0 saturated carbocycles. The predicted molar refractivity (Wildman–Crippen MR) is 70.6 cm³/mol. The van der Waals surface area contributed by atoms with Crippen LogP contribution in [0.5, 0.6) is 0 Å². The predicted octanol–water partition coefficient (Wildman–Crippen LogP) is 2.72. The van der Waals surface area contributed by atoms with Crippen molar-refractivity contribution in [3.05, 3.63) is 28.8 Å². The van der Waals surface area contributed by atoms with E-state index in [2.05, 4.69) is 18.7 Å². The van der Waals surface area contributed by atoms with Gasteiger partial charge in [-0.25, -0.2) is 0 Å². The number of nitrogens with one attached hydrogen (secondary N) is 1. The summed E-state index contributed by atoms with van der Waals surface area (Å²) in [6.07, 6.45) is 0. The zero-order valence-electron chi connectivity index (χ0n) is 9.92. The van der Waals surface area contributed by atoms with Gasteiger partial charge in [0.1, 0.15) is 5.84 Å². The number of nitrogen functional groups attached to an aromatic ring is 1. The van der Waals surface area contributed by atoms with Crippen LogP contribution in [0.2, 0.25) is 5.02 Å². The normalized spacial score (nSPS) is 10.6. The first-order valence-electron chi connectivity index (χ1n) is 5.27. The number of nitrogens with two attached hydrogens (primary N) is 1. The Morgan fingerprint density at radius 1 is 1.50 bits per heavy atom. The van der Waals surface area contributed by atoms with Gasteiger partial charge in [-0.2, -0.15) is 0 Å². The summed E-state index contributed by atoms with van der Waals surface area (Å²) in [6.45, 7) is 5.31. The highest BCUT2D eigenvalue weighted by molar-refractivity contribution is 6.34. The molecule has 0 fully saturated rings. The summed E-state index contributed by atoms with van der Waals surface area (Å²) in [5.41, 5.74) is 7.04. The molecule has 0 bridgehead atoms. The molecule has 4 heteroatoms. The maximum Gasteiger partial charge on any atom is 0.124 e. The highest BCUT2D eigenvalue weighted by atomic mass is 35.5. The third kappa shape index (κ3) is 3.14. The number of halogens is 1. The van der Waals surface area contributed by atoms with Gasteiger partial charge in [-0.15, -0.1) is 0 Å². The van der Waals surface area contributed by atoms with Crippen LogP contribution in [0.25, 0.3) is 0 Å². The van der Waals surface area contributed by atoms with Gasteiger partial charge in [-0.05, 0) is 24.1 Å². The van der Waals surface area contributed by atoms with E-state index in [9.17, 15) is 0 Å². The van der Waals surface area contributed by atoms with Crippen molar-refractivity contribution in [2.45, 2.75) is 13.8 Å². The molecule has 88 valence electrons. The maximum atomic E-state index is 7.35. The molecular weight excluding hydrogens is 222 g/mol. The molecule has 3 nitrogen and oxygen atoms in total. The fourth-order valence-electron chi connectivity index (χ4n) is 1.61. The molecule has 1 rings (SSSR count). The van der Waals surface area contributed by atoms with E-state index >= 15 is 0 Å². The van der Waals surface area contributed by atoms with Crippen LogP contribution in [-0.4, -0.2) is 19.4 Å². The molecule has 0 aliphatic carbocycles. The van der Waals surface area contributed by atoms with Crippen molar-refractivity contribution in [3.8, 4) is 0 Å². The Morgan fingerprint density at radius 3 is 2.56 bits per heavy atom. The minimum absolute atomic E-state index is 0.00284. The lowest BCUT2D eigenvalue weighted by atomic mass is 10.1. The zero-order chi connectivity index (χ0) is 12.3. The number of benzene rings is 1. The second kappa shape index (κ2) is 5.21. The van der Waals surface area contributed by atoms with Crippen molar-refractivity contribution in [2.24, 2.45) is 11.7 Å². The van der Waals surface area contributed by atoms with Gasteiger partial charge in [-0.1, -0.05) is 25.4 Å². The summed E-state index contributed by atoms with van der Waals surface area (Å²) in [4.78, 5) is 2.14. The number of anilines is 1. The smallest absolute Gasteiger partial charge is 0.124 e. The van der Waals surface area contributed by atoms with Crippen molar-refractivity contribution in [2.75, 3.05) is 18.5 Å². The van der Waals surface area contributed by atoms with Gasteiger partial charge < -0.3 is 10.6 Å². The molecule has 0 atom stereocenters. The van der Waals surface area contributed by atoms with E-state index in [0.717, 1.165) is 12.2 Å². The molecule has 16 heavy (non-hydrogen) atoms. The Morgan fingerprint density at radius 2 is 2.12 bits per heavy atom. The lowest BCUT2D eigenvalue weighted by Crippen LogP contribution is -2.22. The molecular formula is C12H18ClN3. The van der Waals surface area contributed by atoms with Gasteiger partial charge >= 0.3 is 0 Å².